The van der Waals surface area contributed by atoms with Crippen LogP contribution in [-0.4, -0.2) is 47.8 Å². The van der Waals surface area contributed by atoms with Crippen LogP contribution in [0.1, 0.15) is 36.9 Å². The average Bonchev–Trinajstić information content (AvgIpc) is 3.23. The molecule has 1 aromatic carbocycles. The van der Waals surface area contributed by atoms with Crippen molar-refractivity contribution in [2.45, 2.75) is 38.5 Å². The molecule has 3 heterocycles. The number of methoxy groups -OCH3 is 2. The lowest BCUT2D eigenvalue weighted by Crippen LogP contribution is -2.41. The summed E-state index contributed by atoms with van der Waals surface area (Å²) < 4.78 is 12.6. The van der Waals surface area contributed by atoms with Gasteiger partial charge in [-0.05, 0) is 50.7 Å². The predicted octanol–water partition coefficient (Wildman–Crippen LogP) is 3.48. The van der Waals surface area contributed by atoms with Crippen LogP contribution in [0.5, 0.6) is 11.5 Å². The van der Waals surface area contributed by atoms with E-state index in [9.17, 15) is 4.79 Å². The van der Waals surface area contributed by atoms with Gasteiger partial charge in [-0.3, -0.25) is 4.79 Å². The Hall–Kier alpha value is -3.29. The van der Waals surface area contributed by atoms with Crippen molar-refractivity contribution in [1.82, 2.24) is 14.6 Å². The van der Waals surface area contributed by atoms with E-state index < -0.39 is 0 Å². The molecule has 2 aliphatic rings. The minimum absolute atomic E-state index is 0.0180. The number of benzene rings is 1. The van der Waals surface area contributed by atoms with Gasteiger partial charge < -0.3 is 19.7 Å². The highest BCUT2D eigenvalue weighted by Crippen LogP contribution is 2.33. The van der Waals surface area contributed by atoms with E-state index in [1.807, 2.05) is 23.0 Å². The maximum absolute atomic E-state index is 13.1. The number of piperidine rings is 1. The minimum Gasteiger partial charge on any atom is -0.493 e. The number of aromatic nitrogens is 3. The second kappa shape index (κ2) is 8.68. The van der Waals surface area contributed by atoms with Crippen molar-refractivity contribution in [3.05, 3.63) is 41.9 Å². The number of carbonyl (C=O) groups excluding carboxylic acids is 1. The number of hydrogen-bond donors (Lipinski definition) is 1. The number of anilines is 2. The fraction of sp³-hybridized carbons (Fsp3) is 0.458. The van der Waals surface area contributed by atoms with E-state index in [1.165, 1.54) is 24.1 Å². The predicted molar refractivity (Wildman–Crippen MR) is 123 cm³/mol. The molecule has 1 atom stereocenters. The second-order valence-electron chi connectivity index (χ2n) is 8.52. The highest BCUT2D eigenvalue weighted by molar-refractivity contribution is 5.93. The maximum Gasteiger partial charge on any atom is 0.229 e. The molecule has 0 saturated carbocycles. The van der Waals surface area contributed by atoms with E-state index >= 15 is 0 Å². The first-order valence-corrected chi connectivity index (χ1v) is 11.3. The van der Waals surface area contributed by atoms with Crippen LogP contribution in [0.25, 0.3) is 5.52 Å². The van der Waals surface area contributed by atoms with Gasteiger partial charge in [0.25, 0.3) is 0 Å². The number of carbonyl (C=O) groups is 1. The molecule has 1 N–H and O–H groups in total. The van der Waals surface area contributed by atoms with Gasteiger partial charge in [-0.25, -0.2) is 9.50 Å². The number of hydrogen-bond acceptors (Lipinski definition) is 6. The number of aryl methyl sites for hydroxylation is 2. The summed E-state index contributed by atoms with van der Waals surface area (Å²) in [5.74, 6) is 2.09. The maximum atomic E-state index is 13.1. The highest BCUT2D eigenvalue weighted by atomic mass is 16.5. The van der Waals surface area contributed by atoms with Crippen molar-refractivity contribution in [3.8, 4) is 11.5 Å². The topological polar surface area (TPSA) is 81.0 Å². The molecule has 1 aliphatic carbocycles. The molecule has 5 rings (SSSR count). The zero-order chi connectivity index (χ0) is 22.1. The van der Waals surface area contributed by atoms with Gasteiger partial charge in [-0.2, -0.15) is 5.10 Å². The van der Waals surface area contributed by atoms with Gasteiger partial charge >= 0.3 is 0 Å². The molecule has 0 radical (unpaired) electrons. The molecule has 1 amide bonds. The first kappa shape index (κ1) is 20.6. The first-order chi connectivity index (χ1) is 15.7. The first-order valence-electron chi connectivity index (χ1n) is 11.3. The Labute approximate surface area is 187 Å². The van der Waals surface area contributed by atoms with E-state index in [1.54, 1.807) is 26.4 Å². The Morgan fingerprint density at radius 1 is 1.12 bits per heavy atom. The Kier molecular flexibility index (Phi) is 5.59. The van der Waals surface area contributed by atoms with Crippen LogP contribution in [-0.2, 0) is 17.6 Å². The van der Waals surface area contributed by atoms with Crippen molar-refractivity contribution < 1.29 is 14.3 Å². The number of amides is 1. The molecule has 0 bridgehead atoms. The van der Waals surface area contributed by atoms with Gasteiger partial charge in [0.1, 0.15) is 5.52 Å². The quantitative estimate of drug-likeness (QED) is 0.661. The van der Waals surface area contributed by atoms with E-state index in [4.69, 9.17) is 19.6 Å². The Morgan fingerprint density at radius 3 is 2.81 bits per heavy atom. The summed E-state index contributed by atoms with van der Waals surface area (Å²) in [6, 6.07) is 5.42. The third kappa shape index (κ3) is 3.74. The zero-order valence-electron chi connectivity index (χ0n) is 18.6. The molecule has 1 aliphatic heterocycles. The molecule has 8 nitrogen and oxygen atoms in total. The van der Waals surface area contributed by atoms with E-state index in [0.717, 1.165) is 43.6 Å². The van der Waals surface area contributed by atoms with Gasteiger partial charge in [-0.1, -0.05) is 0 Å². The summed E-state index contributed by atoms with van der Waals surface area (Å²) in [5, 5.41) is 7.85. The van der Waals surface area contributed by atoms with E-state index in [-0.39, 0.29) is 11.8 Å². The molecule has 1 fully saturated rings. The Bertz CT molecular complexity index is 1140. The SMILES string of the molecule is COc1ccc(NC(=O)[C@H]2CCCN(c3nccn4nc5c(c34)CCCC5)C2)cc1OC. The van der Waals surface area contributed by atoms with Crippen LogP contribution in [0.15, 0.2) is 30.6 Å². The Balaban J connectivity index is 1.36. The fourth-order valence-electron chi connectivity index (χ4n) is 4.92. The molecule has 0 unspecified atom stereocenters. The van der Waals surface area contributed by atoms with Crippen molar-refractivity contribution in [3.63, 3.8) is 0 Å². The fourth-order valence-corrected chi connectivity index (χ4v) is 4.92. The van der Waals surface area contributed by atoms with Crippen LogP contribution in [0.4, 0.5) is 11.5 Å². The Morgan fingerprint density at radius 2 is 1.97 bits per heavy atom. The molecule has 3 aromatic rings. The number of ether oxygens (including phenoxy) is 2. The van der Waals surface area contributed by atoms with Gasteiger partial charge in [0, 0.05) is 42.8 Å². The van der Waals surface area contributed by atoms with Gasteiger partial charge in [0.2, 0.25) is 5.91 Å². The lowest BCUT2D eigenvalue weighted by Gasteiger charge is -2.33. The van der Waals surface area contributed by atoms with Gasteiger partial charge in [0.05, 0.1) is 25.8 Å². The molecular weight excluding hydrogens is 406 g/mol. The van der Waals surface area contributed by atoms with E-state index in [0.29, 0.717) is 23.7 Å². The van der Waals surface area contributed by atoms with Crippen molar-refractivity contribution in [1.29, 1.82) is 0 Å². The average molecular weight is 436 g/mol. The molecule has 0 spiro atoms. The lowest BCUT2D eigenvalue weighted by atomic mass is 9.95. The minimum atomic E-state index is -0.113. The smallest absolute Gasteiger partial charge is 0.229 e. The molecule has 1 saturated heterocycles. The summed E-state index contributed by atoms with van der Waals surface area (Å²) in [7, 11) is 3.18. The van der Waals surface area contributed by atoms with E-state index in [2.05, 4.69) is 10.2 Å². The third-order valence-corrected chi connectivity index (χ3v) is 6.54. The highest BCUT2D eigenvalue weighted by Gasteiger charge is 2.29. The van der Waals surface area contributed by atoms with Crippen LogP contribution in [0, 0.1) is 5.92 Å². The monoisotopic (exact) mass is 435 g/mol. The summed E-state index contributed by atoms with van der Waals surface area (Å²) in [4.78, 5) is 20.1. The standard InChI is InChI=1S/C24H29N5O3/c1-31-20-10-9-17(14-21(20)32-2)26-24(30)16-6-5-12-28(15-16)23-22-18-7-3-4-8-19(18)27-29(22)13-11-25-23/h9-11,13-14,16H,3-8,12,15H2,1-2H3,(H,26,30)/t16-/m0/s1. The largest absolute Gasteiger partial charge is 0.493 e. The summed E-state index contributed by atoms with van der Waals surface area (Å²) >= 11 is 0. The van der Waals surface area contributed by atoms with Gasteiger partial charge in [0.15, 0.2) is 17.3 Å². The van der Waals surface area contributed by atoms with Crippen molar-refractivity contribution in [2.75, 3.05) is 37.5 Å². The number of fused-ring (bicyclic) bond motifs is 3. The molecule has 32 heavy (non-hydrogen) atoms. The molecule has 2 aromatic heterocycles. The van der Waals surface area contributed by atoms with Crippen LogP contribution in [0.3, 0.4) is 0 Å². The van der Waals surface area contributed by atoms with Crippen molar-refractivity contribution in [2.24, 2.45) is 5.92 Å². The molecular formula is C24H29N5O3. The lowest BCUT2D eigenvalue weighted by molar-refractivity contribution is -0.120. The van der Waals surface area contributed by atoms with Crippen LogP contribution < -0.4 is 19.7 Å². The molecule has 168 valence electrons. The summed E-state index contributed by atoms with van der Waals surface area (Å²) in [6.45, 7) is 1.54. The normalized spacial score (nSPS) is 18.3. The van der Waals surface area contributed by atoms with Gasteiger partial charge in [-0.15, -0.1) is 0 Å². The zero-order valence-corrected chi connectivity index (χ0v) is 18.6. The molecule has 8 heteroatoms. The number of nitrogens with zero attached hydrogens (tertiary/aromatic N) is 4. The van der Waals surface area contributed by atoms with Crippen molar-refractivity contribution >= 4 is 22.9 Å². The third-order valence-electron chi connectivity index (χ3n) is 6.54. The number of nitrogens with one attached hydrogen (secondary N) is 1. The summed E-state index contributed by atoms with van der Waals surface area (Å²) in [5.41, 5.74) is 4.35. The second-order valence-corrected chi connectivity index (χ2v) is 8.52. The van der Waals surface area contributed by atoms with Crippen LogP contribution >= 0.6 is 0 Å². The van der Waals surface area contributed by atoms with Crippen LogP contribution in [0.2, 0.25) is 0 Å². The number of rotatable bonds is 5. The summed E-state index contributed by atoms with van der Waals surface area (Å²) in [6.07, 6.45) is 10.0.